The zero-order chi connectivity index (χ0) is 38.0. The van der Waals surface area contributed by atoms with Crippen LogP contribution in [-0.2, 0) is 15.8 Å². The minimum absolute atomic E-state index is 0.155. The molecule has 1 aliphatic rings. The van der Waals surface area contributed by atoms with E-state index in [1.165, 1.54) is 53.4 Å². The smallest absolute Gasteiger partial charge is 0.475 e. The summed E-state index contributed by atoms with van der Waals surface area (Å²) in [5.74, 6) is -3.80. The van der Waals surface area contributed by atoms with Crippen molar-refractivity contribution in [1.82, 2.24) is 29.5 Å². The first kappa shape index (κ1) is 37.6. The second-order valence-corrected chi connectivity index (χ2v) is 12.0. The van der Waals surface area contributed by atoms with Gasteiger partial charge in [0.2, 0.25) is 5.91 Å². The van der Waals surface area contributed by atoms with Crippen molar-refractivity contribution < 1.29 is 45.4 Å². The number of carbonyl (C=O) groups excluding carboxylic acids is 1. The molecule has 52 heavy (non-hydrogen) atoms. The average Bonchev–Trinajstić information content (AvgIpc) is 3.58. The predicted molar refractivity (Wildman–Crippen MR) is 172 cm³/mol. The summed E-state index contributed by atoms with van der Waals surface area (Å²) in [6.45, 7) is 1.80. The Bertz CT molecular complexity index is 2190. The Labute approximate surface area is 293 Å². The molecule has 0 saturated heterocycles. The third-order valence-electron chi connectivity index (χ3n) is 7.91. The molecule has 1 amide bonds. The molecule has 0 saturated carbocycles. The van der Waals surface area contributed by atoms with Gasteiger partial charge in [0.1, 0.15) is 5.82 Å². The molecule has 11 nitrogen and oxygen atoms in total. The van der Waals surface area contributed by atoms with Gasteiger partial charge in [0.05, 0.1) is 35.6 Å². The number of hydrogen-bond acceptors (Lipinski definition) is 7. The molecule has 6 rings (SSSR count). The quantitative estimate of drug-likeness (QED) is 0.182. The number of carbonyl (C=O) groups is 2. The number of amides is 1. The van der Waals surface area contributed by atoms with Gasteiger partial charge in [0, 0.05) is 40.0 Å². The lowest BCUT2D eigenvalue weighted by atomic mass is 9.95. The van der Waals surface area contributed by atoms with Crippen molar-refractivity contribution in [3.8, 4) is 28.1 Å². The number of fused-ring (bicyclic) bond motifs is 4. The van der Waals surface area contributed by atoms with Crippen LogP contribution >= 0.6 is 11.6 Å². The highest BCUT2D eigenvalue weighted by molar-refractivity contribution is 6.31. The molecule has 0 aliphatic carbocycles. The molecule has 2 bridgehead atoms. The number of anilines is 1. The standard InChI is InChI=1S/C31H24ClF4N7O2.C2HF3O2/c1-17-3-2-4-27(25-11-18(9-10-37-25)21-13-20(33)6-7-23(21)39-30(17)45)42-16-38-24(14-29(42)44)22-12-19(32)5-8-26(22)43-15-28(40-41-43)31(34,35)36;3-2(4,5)1(6)7/h5-17,27H,2-4H2,1H3,(H,39,45);(H,6,7)/t17-,27+;/m1./s1. The van der Waals surface area contributed by atoms with Crippen LogP contribution in [0.2, 0.25) is 5.02 Å². The fourth-order valence-electron chi connectivity index (χ4n) is 5.31. The van der Waals surface area contributed by atoms with Crippen LogP contribution in [0.25, 0.3) is 28.1 Å². The average molecular weight is 752 g/mol. The third kappa shape index (κ3) is 8.62. The summed E-state index contributed by atoms with van der Waals surface area (Å²) in [5, 5.41) is 17.1. The van der Waals surface area contributed by atoms with Crippen LogP contribution in [0.1, 0.15) is 43.6 Å². The summed E-state index contributed by atoms with van der Waals surface area (Å²) >= 11 is 6.22. The summed E-state index contributed by atoms with van der Waals surface area (Å²) < 4.78 is 88.0. The maximum Gasteiger partial charge on any atom is 0.490 e. The van der Waals surface area contributed by atoms with Crippen LogP contribution in [0, 0.1) is 11.7 Å². The van der Waals surface area contributed by atoms with E-state index >= 15 is 0 Å². The summed E-state index contributed by atoms with van der Waals surface area (Å²) in [5.41, 5.74) is 1.02. The molecule has 2 aromatic carbocycles. The number of alkyl halides is 6. The van der Waals surface area contributed by atoms with Crippen LogP contribution in [-0.4, -0.2) is 52.7 Å². The minimum Gasteiger partial charge on any atom is -0.475 e. The first-order valence-corrected chi connectivity index (χ1v) is 15.5. The number of rotatable bonds is 3. The van der Waals surface area contributed by atoms with E-state index in [1.807, 2.05) is 0 Å². The van der Waals surface area contributed by atoms with Crippen LogP contribution in [0.5, 0.6) is 0 Å². The van der Waals surface area contributed by atoms with Gasteiger partial charge in [-0.15, -0.1) is 5.10 Å². The monoisotopic (exact) mass is 751 g/mol. The van der Waals surface area contributed by atoms with Crippen molar-refractivity contribution in [2.75, 3.05) is 5.32 Å². The molecule has 0 radical (unpaired) electrons. The number of aliphatic carboxylic acids is 1. The van der Waals surface area contributed by atoms with Gasteiger partial charge in [-0.05, 0) is 66.9 Å². The van der Waals surface area contributed by atoms with E-state index in [0.29, 0.717) is 41.8 Å². The lowest BCUT2D eigenvalue weighted by molar-refractivity contribution is -0.192. The van der Waals surface area contributed by atoms with Gasteiger partial charge in [-0.3, -0.25) is 19.1 Å². The first-order valence-electron chi connectivity index (χ1n) is 15.2. The number of hydrogen-bond donors (Lipinski definition) is 2. The van der Waals surface area contributed by atoms with Gasteiger partial charge in [-0.2, -0.15) is 26.3 Å². The Balaban J connectivity index is 0.000000679. The van der Waals surface area contributed by atoms with Gasteiger partial charge in [0.25, 0.3) is 5.56 Å². The molecule has 272 valence electrons. The summed E-state index contributed by atoms with van der Waals surface area (Å²) in [6, 6.07) is 12.6. The second kappa shape index (κ2) is 14.9. The van der Waals surface area contributed by atoms with Gasteiger partial charge in [0.15, 0.2) is 5.69 Å². The van der Waals surface area contributed by atoms with E-state index in [1.54, 1.807) is 25.3 Å². The first-order chi connectivity index (χ1) is 24.4. The van der Waals surface area contributed by atoms with E-state index in [9.17, 15) is 40.3 Å². The van der Waals surface area contributed by atoms with Crippen molar-refractivity contribution in [3.63, 3.8) is 0 Å². The molecular weight excluding hydrogens is 727 g/mol. The van der Waals surface area contributed by atoms with E-state index in [2.05, 4.69) is 25.6 Å². The molecular formula is C33H25ClF7N7O4. The summed E-state index contributed by atoms with van der Waals surface area (Å²) in [7, 11) is 0. The number of nitrogens with zero attached hydrogens (tertiary/aromatic N) is 6. The molecule has 0 spiro atoms. The zero-order valence-corrected chi connectivity index (χ0v) is 27.3. The molecule has 0 fully saturated rings. The molecule has 3 aromatic heterocycles. The van der Waals surface area contributed by atoms with Crippen molar-refractivity contribution in [2.24, 2.45) is 5.92 Å². The minimum atomic E-state index is -5.08. The van der Waals surface area contributed by atoms with Crippen molar-refractivity contribution in [1.29, 1.82) is 0 Å². The van der Waals surface area contributed by atoms with Crippen LogP contribution in [0.15, 0.2) is 78.1 Å². The van der Waals surface area contributed by atoms with Gasteiger partial charge in [-0.1, -0.05) is 30.2 Å². The summed E-state index contributed by atoms with van der Waals surface area (Å²) in [6.07, 6.45) is -4.61. The highest BCUT2D eigenvalue weighted by atomic mass is 35.5. The lowest BCUT2D eigenvalue weighted by Gasteiger charge is -2.23. The SMILES string of the molecule is C[C@@H]1CCC[C@H](n2cnc(-c3cc(Cl)ccc3-n3cc(C(F)(F)F)nn3)cc2=O)c2cc(ccn2)-c2cc(F)ccc2NC1=O.O=C(O)C(F)(F)F. The number of carboxylic acid groups (broad SMARTS) is 1. The largest absolute Gasteiger partial charge is 0.490 e. The van der Waals surface area contributed by atoms with Gasteiger partial charge >= 0.3 is 18.3 Å². The Hall–Kier alpha value is -5.65. The van der Waals surface area contributed by atoms with Gasteiger partial charge in [-0.25, -0.2) is 18.9 Å². The highest BCUT2D eigenvalue weighted by Gasteiger charge is 2.38. The lowest BCUT2D eigenvalue weighted by Crippen LogP contribution is -2.27. The van der Waals surface area contributed by atoms with E-state index in [4.69, 9.17) is 21.5 Å². The molecule has 4 heterocycles. The second-order valence-electron chi connectivity index (χ2n) is 11.5. The van der Waals surface area contributed by atoms with Crippen molar-refractivity contribution in [3.05, 3.63) is 106 Å². The number of nitrogens with one attached hydrogen (secondary N) is 1. The maximum absolute atomic E-state index is 14.3. The molecule has 5 aromatic rings. The topological polar surface area (TPSA) is 145 Å². The molecule has 0 unspecified atom stereocenters. The van der Waals surface area contributed by atoms with E-state index in [0.717, 1.165) is 10.9 Å². The predicted octanol–water partition coefficient (Wildman–Crippen LogP) is 7.35. The van der Waals surface area contributed by atoms with E-state index < -0.39 is 41.4 Å². The number of pyridine rings is 1. The van der Waals surface area contributed by atoms with Crippen LogP contribution in [0.4, 0.5) is 36.4 Å². The normalized spacial score (nSPS) is 16.4. The van der Waals surface area contributed by atoms with Crippen LogP contribution < -0.4 is 10.9 Å². The Morgan fingerprint density at radius 2 is 1.69 bits per heavy atom. The van der Waals surface area contributed by atoms with Crippen molar-refractivity contribution in [2.45, 2.75) is 44.6 Å². The molecule has 19 heteroatoms. The number of carboxylic acids is 1. The Morgan fingerprint density at radius 3 is 2.35 bits per heavy atom. The van der Waals surface area contributed by atoms with Crippen molar-refractivity contribution >= 4 is 29.2 Å². The zero-order valence-electron chi connectivity index (χ0n) is 26.6. The van der Waals surface area contributed by atoms with Gasteiger partial charge < -0.3 is 10.4 Å². The molecule has 2 atom stereocenters. The number of benzene rings is 2. The number of aromatic nitrogens is 6. The van der Waals surface area contributed by atoms with Crippen LogP contribution in [0.3, 0.4) is 0 Å². The third-order valence-corrected chi connectivity index (χ3v) is 8.15. The summed E-state index contributed by atoms with van der Waals surface area (Å²) in [4.78, 5) is 44.5. The fraction of sp³-hybridized carbons (Fsp3) is 0.242. The van der Waals surface area contributed by atoms with E-state index in [-0.39, 0.29) is 33.8 Å². The maximum atomic E-state index is 14.3. The molecule has 2 N–H and O–H groups in total. The number of halogens is 8. The highest BCUT2D eigenvalue weighted by Crippen LogP contribution is 2.34. The Morgan fingerprint density at radius 1 is 0.962 bits per heavy atom. The molecule has 1 aliphatic heterocycles. The fourth-order valence-corrected chi connectivity index (χ4v) is 5.48. The Kier molecular flexibility index (Phi) is 10.8.